The van der Waals surface area contributed by atoms with Crippen LogP contribution in [0.2, 0.25) is 0 Å². The van der Waals surface area contributed by atoms with Gasteiger partial charge in [-0.25, -0.2) is 4.98 Å². The Morgan fingerprint density at radius 2 is 1.55 bits per heavy atom. The van der Waals surface area contributed by atoms with E-state index in [1.165, 1.54) is 0 Å². The number of aromatic nitrogens is 2. The smallest absolute Gasteiger partial charge is 0.210 e. The number of aromatic hydroxyl groups is 1. The summed E-state index contributed by atoms with van der Waals surface area (Å²) in [6, 6.07) is 17.4. The number of nitrogens with zero attached hydrogens (tertiary/aromatic N) is 2. The van der Waals surface area contributed by atoms with Gasteiger partial charge in [0.25, 0.3) is 0 Å². The van der Waals surface area contributed by atoms with Crippen LogP contribution >= 0.6 is 0 Å². The summed E-state index contributed by atoms with van der Waals surface area (Å²) in [6.07, 6.45) is 0. The molecule has 3 heteroatoms. The molecule has 0 saturated heterocycles. The second-order valence-electron chi connectivity index (χ2n) is 5.40. The highest BCUT2D eigenvalue weighted by Gasteiger charge is 2.26. The summed E-state index contributed by atoms with van der Waals surface area (Å²) >= 11 is 0. The zero-order chi connectivity index (χ0) is 14.2. The zero-order valence-corrected chi connectivity index (χ0v) is 11.5. The van der Waals surface area contributed by atoms with Crippen molar-refractivity contribution in [1.29, 1.82) is 0 Å². The maximum atomic E-state index is 9.56. The average Bonchev–Trinajstić information content (AvgIpc) is 2.46. The Morgan fingerprint density at radius 1 is 0.800 bits per heavy atom. The predicted molar refractivity (Wildman–Crippen MR) is 79.8 cm³/mol. The van der Waals surface area contributed by atoms with Crippen molar-refractivity contribution in [3.05, 3.63) is 66.0 Å². The van der Waals surface area contributed by atoms with Gasteiger partial charge in [-0.3, -0.25) is 4.98 Å². The van der Waals surface area contributed by atoms with E-state index >= 15 is 0 Å². The zero-order valence-electron chi connectivity index (χ0n) is 11.5. The number of hydrogen-bond acceptors (Lipinski definition) is 3. The van der Waals surface area contributed by atoms with Crippen LogP contribution in [-0.4, -0.2) is 15.1 Å². The Morgan fingerprint density at radius 3 is 2.35 bits per heavy atom. The van der Waals surface area contributed by atoms with Gasteiger partial charge in [0.2, 0.25) is 5.88 Å². The second-order valence-corrected chi connectivity index (χ2v) is 5.40. The van der Waals surface area contributed by atoms with E-state index in [0.717, 1.165) is 22.3 Å². The molecule has 3 aromatic rings. The summed E-state index contributed by atoms with van der Waals surface area (Å²) in [4.78, 5) is 8.95. The van der Waals surface area contributed by atoms with Crippen LogP contribution in [0.25, 0.3) is 10.9 Å². The molecule has 0 saturated carbocycles. The highest BCUT2D eigenvalue weighted by molar-refractivity contribution is 5.78. The third-order valence-electron chi connectivity index (χ3n) is 3.61. The van der Waals surface area contributed by atoms with Crippen molar-refractivity contribution in [3.8, 4) is 5.88 Å². The van der Waals surface area contributed by atoms with E-state index in [0.29, 0.717) is 0 Å². The molecule has 1 aromatic carbocycles. The summed E-state index contributed by atoms with van der Waals surface area (Å²) in [5, 5.41) is 10.7. The molecule has 0 aliphatic carbocycles. The molecule has 0 aliphatic rings. The van der Waals surface area contributed by atoms with Crippen LogP contribution < -0.4 is 0 Å². The quantitative estimate of drug-likeness (QED) is 0.768. The molecular formula is C17H16N2O. The van der Waals surface area contributed by atoms with E-state index in [9.17, 15) is 5.11 Å². The predicted octanol–water partition coefficient (Wildman–Crippen LogP) is 3.66. The minimum Gasteiger partial charge on any atom is -0.493 e. The van der Waals surface area contributed by atoms with E-state index in [1.807, 2.05) is 36.4 Å². The minimum atomic E-state index is -0.358. The Bertz CT molecular complexity index is 766. The fourth-order valence-electron chi connectivity index (χ4n) is 2.32. The van der Waals surface area contributed by atoms with Crippen LogP contribution in [0.5, 0.6) is 5.88 Å². The van der Waals surface area contributed by atoms with Crippen molar-refractivity contribution in [1.82, 2.24) is 9.97 Å². The molecule has 2 aromatic heterocycles. The van der Waals surface area contributed by atoms with Crippen LogP contribution in [0.3, 0.4) is 0 Å². The fraction of sp³-hybridized carbons (Fsp3) is 0.176. The number of rotatable bonds is 2. The molecule has 0 unspecified atom stereocenters. The first-order chi connectivity index (χ1) is 9.57. The molecule has 0 atom stereocenters. The molecule has 20 heavy (non-hydrogen) atoms. The van der Waals surface area contributed by atoms with Gasteiger partial charge in [-0.2, -0.15) is 0 Å². The van der Waals surface area contributed by atoms with Crippen LogP contribution in [0.15, 0.2) is 54.6 Å². The summed E-state index contributed by atoms with van der Waals surface area (Å²) in [6.45, 7) is 4.12. The number of pyridine rings is 2. The Labute approximate surface area is 117 Å². The molecule has 0 aliphatic heterocycles. The molecule has 0 fully saturated rings. The normalized spacial score (nSPS) is 11.7. The first-order valence-corrected chi connectivity index (χ1v) is 6.60. The Hall–Kier alpha value is -2.42. The van der Waals surface area contributed by atoms with Gasteiger partial charge in [-0.1, -0.05) is 30.3 Å². The third kappa shape index (κ3) is 2.11. The molecule has 0 bridgehead atoms. The van der Waals surface area contributed by atoms with E-state index < -0.39 is 0 Å². The highest BCUT2D eigenvalue weighted by atomic mass is 16.3. The van der Waals surface area contributed by atoms with Crippen molar-refractivity contribution >= 4 is 10.9 Å². The van der Waals surface area contributed by atoms with Gasteiger partial charge in [0.05, 0.1) is 16.9 Å². The first kappa shape index (κ1) is 12.6. The van der Waals surface area contributed by atoms with Gasteiger partial charge in [-0.15, -0.1) is 0 Å². The third-order valence-corrected chi connectivity index (χ3v) is 3.61. The maximum absolute atomic E-state index is 9.56. The van der Waals surface area contributed by atoms with Crippen LogP contribution in [-0.2, 0) is 5.41 Å². The highest BCUT2D eigenvalue weighted by Crippen LogP contribution is 2.30. The summed E-state index contributed by atoms with van der Waals surface area (Å²) < 4.78 is 0. The standard InChI is InChI=1S/C17H16N2O/c1-17(2,14-8-5-9-16(20)19-14)15-11-10-12-6-3-4-7-13(12)18-15/h3-11H,1-2H3,(H,19,20). The Balaban J connectivity index is 2.13. The van der Waals surface area contributed by atoms with Crippen LogP contribution in [0, 0.1) is 0 Å². The fourth-order valence-corrected chi connectivity index (χ4v) is 2.32. The van der Waals surface area contributed by atoms with Crippen LogP contribution in [0.1, 0.15) is 25.2 Å². The largest absolute Gasteiger partial charge is 0.493 e. The lowest BCUT2D eigenvalue weighted by Gasteiger charge is -2.24. The van der Waals surface area contributed by atoms with Gasteiger partial charge < -0.3 is 5.11 Å². The SMILES string of the molecule is CC(C)(c1cccc(O)n1)c1ccc2ccccc2n1. The molecule has 2 heterocycles. The number of fused-ring (bicyclic) bond motifs is 1. The van der Waals surface area contributed by atoms with E-state index in [2.05, 4.69) is 24.9 Å². The molecule has 3 rings (SSSR count). The topological polar surface area (TPSA) is 46.0 Å². The average molecular weight is 264 g/mol. The van der Waals surface area contributed by atoms with Gasteiger partial charge in [0, 0.05) is 16.9 Å². The number of hydrogen-bond donors (Lipinski definition) is 1. The summed E-state index contributed by atoms with van der Waals surface area (Å²) in [5.41, 5.74) is 2.36. The summed E-state index contributed by atoms with van der Waals surface area (Å²) in [5.74, 6) is 0.0383. The molecule has 0 amide bonds. The van der Waals surface area contributed by atoms with Gasteiger partial charge >= 0.3 is 0 Å². The first-order valence-electron chi connectivity index (χ1n) is 6.60. The maximum Gasteiger partial charge on any atom is 0.210 e. The lowest BCUT2D eigenvalue weighted by atomic mass is 9.84. The van der Waals surface area contributed by atoms with Gasteiger partial charge in [-0.05, 0) is 32.0 Å². The van der Waals surface area contributed by atoms with Crippen molar-refractivity contribution < 1.29 is 5.11 Å². The van der Waals surface area contributed by atoms with Crippen molar-refractivity contribution in [3.63, 3.8) is 0 Å². The van der Waals surface area contributed by atoms with Gasteiger partial charge in [0.1, 0.15) is 0 Å². The number of para-hydroxylation sites is 1. The van der Waals surface area contributed by atoms with Crippen molar-refractivity contribution in [2.75, 3.05) is 0 Å². The van der Waals surface area contributed by atoms with E-state index in [-0.39, 0.29) is 11.3 Å². The molecule has 100 valence electrons. The summed E-state index contributed by atoms with van der Waals surface area (Å²) in [7, 11) is 0. The minimum absolute atomic E-state index is 0.0383. The monoisotopic (exact) mass is 264 g/mol. The molecule has 1 N–H and O–H groups in total. The lowest BCUT2D eigenvalue weighted by molar-refractivity contribution is 0.444. The number of benzene rings is 1. The van der Waals surface area contributed by atoms with Crippen molar-refractivity contribution in [2.45, 2.75) is 19.3 Å². The molecule has 3 nitrogen and oxygen atoms in total. The molecule has 0 radical (unpaired) electrons. The van der Waals surface area contributed by atoms with Crippen LogP contribution in [0.4, 0.5) is 0 Å². The lowest BCUT2D eigenvalue weighted by Crippen LogP contribution is -2.22. The Kier molecular flexibility index (Phi) is 2.90. The van der Waals surface area contributed by atoms with Gasteiger partial charge in [0.15, 0.2) is 0 Å². The van der Waals surface area contributed by atoms with E-state index in [4.69, 9.17) is 4.98 Å². The van der Waals surface area contributed by atoms with E-state index in [1.54, 1.807) is 12.1 Å². The van der Waals surface area contributed by atoms with Crippen molar-refractivity contribution in [2.24, 2.45) is 0 Å². The molecule has 0 spiro atoms. The second kappa shape index (κ2) is 4.60. The molecular weight excluding hydrogens is 248 g/mol.